The highest BCUT2D eigenvalue weighted by Crippen LogP contribution is 2.47. The van der Waals surface area contributed by atoms with E-state index in [-0.39, 0.29) is 12.2 Å². The second kappa shape index (κ2) is 9.49. The number of nitrogens with one attached hydrogen (secondary N) is 1. The standard InChI is InChI=1S/C27H37N3O2S/c1-17-10-22(8-9-29-13-18(2)31-19(3)14-29)11-26-27(17)28-24-7-6-23(12-25(24)33-26)30-15-20(4)32-21(5)16-30/h6-7,10-12,18-21,28H,8-9,13-16H2,1-5H3. The lowest BCUT2D eigenvalue weighted by Crippen LogP contribution is -2.46. The Kier molecular flexibility index (Phi) is 6.62. The number of aryl methyl sites for hydroxylation is 1. The zero-order valence-electron chi connectivity index (χ0n) is 20.6. The Morgan fingerprint density at radius 1 is 0.879 bits per heavy atom. The van der Waals surface area contributed by atoms with Crippen molar-refractivity contribution in [1.82, 2.24) is 4.90 Å². The second-order valence-corrected chi connectivity index (χ2v) is 11.2. The van der Waals surface area contributed by atoms with E-state index in [9.17, 15) is 0 Å². The van der Waals surface area contributed by atoms with Crippen molar-refractivity contribution in [3.63, 3.8) is 0 Å². The lowest BCUT2D eigenvalue weighted by molar-refractivity contribution is -0.0675. The minimum atomic E-state index is 0.263. The van der Waals surface area contributed by atoms with E-state index < -0.39 is 0 Å². The molecule has 33 heavy (non-hydrogen) atoms. The van der Waals surface area contributed by atoms with Crippen molar-refractivity contribution in [3.05, 3.63) is 41.5 Å². The van der Waals surface area contributed by atoms with Crippen molar-refractivity contribution in [2.75, 3.05) is 42.9 Å². The van der Waals surface area contributed by atoms with Gasteiger partial charge in [0, 0.05) is 48.2 Å². The fourth-order valence-electron chi connectivity index (χ4n) is 5.50. The molecule has 5 rings (SSSR count). The third kappa shape index (κ3) is 5.19. The van der Waals surface area contributed by atoms with Gasteiger partial charge in [-0.05, 0) is 76.4 Å². The molecule has 2 fully saturated rings. The molecule has 178 valence electrons. The predicted octanol–water partition coefficient (Wildman–Crippen LogP) is 5.47. The molecule has 3 aliphatic rings. The van der Waals surface area contributed by atoms with Crippen LogP contribution in [0.25, 0.3) is 0 Å². The lowest BCUT2D eigenvalue weighted by atomic mass is 10.1. The zero-order chi connectivity index (χ0) is 23.1. The average molecular weight is 468 g/mol. The summed E-state index contributed by atoms with van der Waals surface area (Å²) in [5, 5.41) is 3.71. The number of ether oxygens (including phenoxy) is 2. The first kappa shape index (κ1) is 23.0. The molecule has 5 nitrogen and oxygen atoms in total. The van der Waals surface area contributed by atoms with Crippen LogP contribution in [0.2, 0.25) is 0 Å². The van der Waals surface area contributed by atoms with Gasteiger partial charge < -0.3 is 19.7 Å². The van der Waals surface area contributed by atoms with E-state index in [1.54, 1.807) is 0 Å². The molecular weight excluding hydrogens is 430 g/mol. The van der Waals surface area contributed by atoms with E-state index in [4.69, 9.17) is 9.47 Å². The fourth-order valence-corrected chi connectivity index (χ4v) is 6.67. The summed E-state index contributed by atoms with van der Waals surface area (Å²) in [7, 11) is 0. The van der Waals surface area contributed by atoms with Crippen LogP contribution in [0.5, 0.6) is 0 Å². The monoisotopic (exact) mass is 467 g/mol. The maximum absolute atomic E-state index is 5.93. The van der Waals surface area contributed by atoms with Crippen LogP contribution in [-0.4, -0.2) is 62.0 Å². The van der Waals surface area contributed by atoms with E-state index in [0.717, 1.165) is 39.1 Å². The number of anilines is 3. The average Bonchev–Trinajstić information content (AvgIpc) is 2.75. The van der Waals surface area contributed by atoms with Crippen LogP contribution in [0.4, 0.5) is 17.1 Å². The maximum Gasteiger partial charge on any atom is 0.0726 e. The summed E-state index contributed by atoms with van der Waals surface area (Å²) in [4.78, 5) is 7.65. The van der Waals surface area contributed by atoms with Crippen molar-refractivity contribution in [2.45, 2.75) is 75.2 Å². The van der Waals surface area contributed by atoms with E-state index >= 15 is 0 Å². The van der Waals surface area contributed by atoms with E-state index in [2.05, 4.69) is 80.1 Å². The third-order valence-corrected chi connectivity index (χ3v) is 7.90. The van der Waals surface area contributed by atoms with Gasteiger partial charge in [-0.3, -0.25) is 4.90 Å². The normalized spacial score (nSPS) is 27.6. The van der Waals surface area contributed by atoms with E-state index in [0.29, 0.717) is 12.2 Å². The van der Waals surface area contributed by atoms with Crippen LogP contribution in [0.15, 0.2) is 40.1 Å². The molecule has 4 atom stereocenters. The number of hydrogen-bond acceptors (Lipinski definition) is 6. The Hall–Kier alpha value is -1.73. The molecule has 1 N–H and O–H groups in total. The Morgan fingerprint density at radius 2 is 1.55 bits per heavy atom. The van der Waals surface area contributed by atoms with E-state index in [1.165, 1.54) is 38.0 Å². The van der Waals surface area contributed by atoms with Crippen molar-refractivity contribution < 1.29 is 9.47 Å². The van der Waals surface area contributed by atoms with Crippen molar-refractivity contribution in [2.24, 2.45) is 0 Å². The minimum absolute atomic E-state index is 0.263. The minimum Gasteiger partial charge on any atom is -0.373 e. The molecule has 2 aromatic carbocycles. The third-order valence-electron chi connectivity index (χ3n) is 6.80. The highest BCUT2D eigenvalue weighted by molar-refractivity contribution is 7.99. The fraction of sp³-hybridized carbons (Fsp3) is 0.556. The quantitative estimate of drug-likeness (QED) is 0.548. The lowest BCUT2D eigenvalue weighted by Gasteiger charge is -2.37. The van der Waals surface area contributed by atoms with Crippen molar-refractivity contribution in [1.29, 1.82) is 0 Å². The Balaban J connectivity index is 1.31. The van der Waals surface area contributed by atoms with Crippen LogP contribution < -0.4 is 10.2 Å². The summed E-state index contributed by atoms with van der Waals surface area (Å²) in [6.07, 6.45) is 2.24. The Labute approximate surface area is 202 Å². The molecule has 3 aliphatic heterocycles. The van der Waals surface area contributed by atoms with Gasteiger partial charge in [0.25, 0.3) is 0 Å². The molecule has 6 heteroatoms. The topological polar surface area (TPSA) is 37.0 Å². The van der Waals surface area contributed by atoms with Gasteiger partial charge >= 0.3 is 0 Å². The molecule has 0 bridgehead atoms. The maximum atomic E-state index is 5.93. The highest BCUT2D eigenvalue weighted by Gasteiger charge is 2.25. The molecule has 0 saturated carbocycles. The summed E-state index contributed by atoms with van der Waals surface area (Å²) >= 11 is 1.90. The van der Waals surface area contributed by atoms with Gasteiger partial charge in [-0.1, -0.05) is 17.8 Å². The van der Waals surface area contributed by atoms with Crippen LogP contribution in [0.3, 0.4) is 0 Å². The Bertz CT molecular complexity index is 993. The molecule has 3 heterocycles. The summed E-state index contributed by atoms with van der Waals surface area (Å²) in [5.74, 6) is 0. The van der Waals surface area contributed by atoms with Crippen molar-refractivity contribution in [3.8, 4) is 0 Å². The van der Waals surface area contributed by atoms with Crippen LogP contribution in [0, 0.1) is 6.92 Å². The molecular formula is C27H37N3O2S. The first-order valence-corrected chi connectivity index (χ1v) is 13.2. The summed E-state index contributed by atoms with van der Waals surface area (Å²) in [6.45, 7) is 15.9. The number of rotatable bonds is 4. The number of benzene rings is 2. The van der Waals surface area contributed by atoms with Crippen LogP contribution in [-0.2, 0) is 15.9 Å². The highest BCUT2D eigenvalue weighted by atomic mass is 32.2. The molecule has 0 aromatic heterocycles. The van der Waals surface area contributed by atoms with Gasteiger partial charge in [-0.2, -0.15) is 0 Å². The molecule has 0 spiro atoms. The largest absolute Gasteiger partial charge is 0.373 e. The first-order valence-electron chi connectivity index (χ1n) is 12.3. The summed E-state index contributed by atoms with van der Waals surface area (Å²) in [6, 6.07) is 11.6. The number of fused-ring (bicyclic) bond motifs is 2. The molecule has 0 aliphatic carbocycles. The molecule has 0 amide bonds. The second-order valence-electron chi connectivity index (χ2n) is 10.1. The van der Waals surface area contributed by atoms with Crippen LogP contribution in [0.1, 0.15) is 38.8 Å². The molecule has 4 unspecified atom stereocenters. The van der Waals surface area contributed by atoms with Gasteiger partial charge in [0.15, 0.2) is 0 Å². The number of nitrogens with zero attached hydrogens (tertiary/aromatic N) is 2. The van der Waals surface area contributed by atoms with Gasteiger partial charge in [0.05, 0.1) is 35.8 Å². The number of hydrogen-bond donors (Lipinski definition) is 1. The van der Waals surface area contributed by atoms with Gasteiger partial charge in [0.2, 0.25) is 0 Å². The van der Waals surface area contributed by atoms with Gasteiger partial charge in [-0.15, -0.1) is 0 Å². The van der Waals surface area contributed by atoms with Crippen LogP contribution >= 0.6 is 11.8 Å². The zero-order valence-corrected chi connectivity index (χ0v) is 21.4. The Morgan fingerprint density at radius 3 is 2.24 bits per heavy atom. The summed E-state index contributed by atoms with van der Waals surface area (Å²) < 4.78 is 11.8. The van der Waals surface area contributed by atoms with E-state index in [1.807, 2.05) is 11.8 Å². The van der Waals surface area contributed by atoms with Gasteiger partial charge in [0.1, 0.15) is 0 Å². The summed E-state index contributed by atoms with van der Waals surface area (Å²) in [5.41, 5.74) is 6.49. The predicted molar refractivity (Wildman–Crippen MR) is 137 cm³/mol. The number of morpholine rings is 2. The SMILES string of the molecule is Cc1cc(CCN2CC(C)OC(C)C2)cc2c1Nc1ccc(N3CC(C)OC(C)C3)cc1S2. The molecule has 2 aromatic rings. The van der Waals surface area contributed by atoms with Crippen molar-refractivity contribution >= 4 is 28.8 Å². The molecule has 2 saturated heterocycles. The smallest absolute Gasteiger partial charge is 0.0726 e. The first-order chi connectivity index (χ1) is 15.8. The molecule has 0 radical (unpaired) electrons. The van der Waals surface area contributed by atoms with Gasteiger partial charge in [-0.25, -0.2) is 0 Å².